The molecule has 78 valence electrons. The van der Waals surface area contributed by atoms with Crippen LogP contribution in [0.1, 0.15) is 39.0 Å². The lowest BCUT2D eigenvalue weighted by atomic mass is 9.67. The van der Waals surface area contributed by atoms with Crippen molar-refractivity contribution in [3.63, 3.8) is 0 Å². The molecule has 2 nitrogen and oxygen atoms in total. The van der Waals surface area contributed by atoms with Gasteiger partial charge in [0.2, 0.25) is 0 Å². The van der Waals surface area contributed by atoms with Crippen LogP contribution in [0.2, 0.25) is 0 Å². The summed E-state index contributed by atoms with van der Waals surface area (Å²) in [5, 5.41) is 3.30. The normalized spacial score (nSPS) is 19.8. The summed E-state index contributed by atoms with van der Waals surface area (Å²) in [6, 6.07) is 0. The van der Waals surface area contributed by atoms with E-state index in [-0.39, 0.29) is 0 Å². The van der Waals surface area contributed by atoms with Crippen LogP contribution >= 0.6 is 0 Å². The second-order valence-electron chi connectivity index (χ2n) is 4.25. The molecule has 1 saturated carbocycles. The Morgan fingerprint density at radius 2 is 2.08 bits per heavy atom. The quantitative estimate of drug-likeness (QED) is 0.614. The fourth-order valence-corrected chi connectivity index (χ4v) is 2.10. The Bertz CT molecular complexity index is 132. The molecule has 1 fully saturated rings. The monoisotopic (exact) mass is 185 g/mol. The molecule has 0 radical (unpaired) electrons. The van der Waals surface area contributed by atoms with E-state index in [9.17, 15) is 0 Å². The van der Waals surface area contributed by atoms with Crippen LogP contribution in [0.15, 0.2) is 0 Å². The Kier molecular flexibility index (Phi) is 4.74. The van der Waals surface area contributed by atoms with Gasteiger partial charge in [-0.15, -0.1) is 0 Å². The van der Waals surface area contributed by atoms with Gasteiger partial charge in [0.05, 0.1) is 0 Å². The van der Waals surface area contributed by atoms with Gasteiger partial charge in [-0.3, -0.25) is 0 Å². The lowest BCUT2D eigenvalue weighted by Crippen LogP contribution is -2.39. The third kappa shape index (κ3) is 3.28. The molecule has 0 aromatic heterocycles. The SMILES string of the molecule is CCCOCCC1(CNC)CCC1. The number of hydrogen-bond donors (Lipinski definition) is 1. The molecule has 1 aliphatic carbocycles. The van der Waals surface area contributed by atoms with Crippen molar-refractivity contribution in [1.82, 2.24) is 5.32 Å². The van der Waals surface area contributed by atoms with Crippen molar-refractivity contribution in [3.8, 4) is 0 Å². The van der Waals surface area contributed by atoms with Gasteiger partial charge in [-0.1, -0.05) is 13.3 Å². The third-order valence-corrected chi connectivity index (χ3v) is 3.09. The molecule has 0 bridgehead atoms. The highest BCUT2D eigenvalue weighted by atomic mass is 16.5. The second-order valence-corrected chi connectivity index (χ2v) is 4.25. The molecular weight excluding hydrogens is 162 g/mol. The Labute approximate surface area is 82.0 Å². The van der Waals surface area contributed by atoms with Gasteiger partial charge in [0.15, 0.2) is 0 Å². The first-order valence-corrected chi connectivity index (χ1v) is 5.55. The van der Waals surface area contributed by atoms with Gasteiger partial charge in [0.25, 0.3) is 0 Å². The highest BCUT2D eigenvalue weighted by molar-refractivity contribution is 4.88. The smallest absolute Gasteiger partial charge is 0.0471 e. The Morgan fingerprint density at radius 3 is 2.54 bits per heavy atom. The maximum absolute atomic E-state index is 5.53. The maximum atomic E-state index is 5.53. The van der Waals surface area contributed by atoms with Gasteiger partial charge >= 0.3 is 0 Å². The van der Waals surface area contributed by atoms with Gasteiger partial charge in [-0.2, -0.15) is 0 Å². The summed E-state index contributed by atoms with van der Waals surface area (Å²) in [6.07, 6.45) is 6.58. The van der Waals surface area contributed by atoms with Gasteiger partial charge in [-0.25, -0.2) is 0 Å². The molecule has 0 saturated heterocycles. The minimum atomic E-state index is 0.586. The molecule has 0 aliphatic heterocycles. The standard InChI is InChI=1S/C11H23NO/c1-3-8-13-9-7-11(10-12-2)5-4-6-11/h12H,3-10H2,1-2H3. The number of ether oxygens (including phenoxy) is 1. The molecular formula is C11H23NO. The summed E-state index contributed by atoms with van der Waals surface area (Å²) in [5.74, 6) is 0. The zero-order valence-electron chi connectivity index (χ0n) is 9.07. The van der Waals surface area contributed by atoms with Crippen LogP contribution in [-0.4, -0.2) is 26.8 Å². The molecule has 1 aliphatic rings. The van der Waals surface area contributed by atoms with E-state index in [2.05, 4.69) is 12.2 Å². The van der Waals surface area contributed by atoms with Crippen LogP contribution < -0.4 is 5.32 Å². The second kappa shape index (κ2) is 5.61. The van der Waals surface area contributed by atoms with Crippen molar-refractivity contribution < 1.29 is 4.74 Å². The molecule has 0 unspecified atom stereocenters. The highest BCUT2D eigenvalue weighted by Gasteiger charge is 2.35. The van der Waals surface area contributed by atoms with Crippen molar-refractivity contribution >= 4 is 0 Å². The summed E-state index contributed by atoms with van der Waals surface area (Å²) in [7, 11) is 2.05. The van der Waals surface area contributed by atoms with E-state index in [0.29, 0.717) is 5.41 Å². The summed E-state index contributed by atoms with van der Waals surface area (Å²) in [5.41, 5.74) is 0.586. The minimum absolute atomic E-state index is 0.586. The van der Waals surface area contributed by atoms with Crippen molar-refractivity contribution in [2.75, 3.05) is 26.8 Å². The van der Waals surface area contributed by atoms with Crippen LogP contribution in [0.25, 0.3) is 0 Å². The topological polar surface area (TPSA) is 21.3 Å². The first kappa shape index (κ1) is 11.0. The Hall–Kier alpha value is -0.0800. The number of nitrogens with one attached hydrogen (secondary N) is 1. The average Bonchev–Trinajstić information content (AvgIpc) is 2.08. The number of hydrogen-bond acceptors (Lipinski definition) is 2. The van der Waals surface area contributed by atoms with Crippen molar-refractivity contribution in [2.24, 2.45) is 5.41 Å². The third-order valence-electron chi connectivity index (χ3n) is 3.09. The molecule has 0 spiro atoms. The first-order chi connectivity index (χ1) is 6.33. The molecule has 0 amide bonds. The molecule has 0 aromatic rings. The molecule has 13 heavy (non-hydrogen) atoms. The van der Waals surface area contributed by atoms with Crippen LogP contribution in [0, 0.1) is 5.41 Å². The predicted molar refractivity (Wildman–Crippen MR) is 55.9 cm³/mol. The van der Waals surface area contributed by atoms with E-state index in [1.807, 2.05) is 7.05 Å². The lowest BCUT2D eigenvalue weighted by Gasteiger charge is -2.42. The van der Waals surface area contributed by atoms with Crippen LogP contribution in [0.3, 0.4) is 0 Å². The van der Waals surface area contributed by atoms with Gasteiger partial charge < -0.3 is 10.1 Å². The van der Waals surface area contributed by atoms with E-state index < -0.39 is 0 Å². The molecule has 0 heterocycles. The lowest BCUT2D eigenvalue weighted by molar-refractivity contribution is 0.0511. The summed E-state index contributed by atoms with van der Waals surface area (Å²) < 4.78 is 5.53. The van der Waals surface area contributed by atoms with E-state index in [4.69, 9.17) is 4.74 Å². The van der Waals surface area contributed by atoms with E-state index in [1.165, 1.54) is 32.2 Å². The van der Waals surface area contributed by atoms with Gasteiger partial charge in [0, 0.05) is 19.8 Å². The molecule has 1 rings (SSSR count). The van der Waals surface area contributed by atoms with Gasteiger partial charge in [-0.05, 0) is 38.1 Å². The molecule has 0 aromatic carbocycles. The van der Waals surface area contributed by atoms with E-state index in [1.54, 1.807) is 0 Å². The zero-order valence-corrected chi connectivity index (χ0v) is 9.07. The van der Waals surface area contributed by atoms with Crippen molar-refractivity contribution in [1.29, 1.82) is 0 Å². The number of rotatable bonds is 7. The Balaban J connectivity index is 2.09. The van der Waals surface area contributed by atoms with E-state index >= 15 is 0 Å². The minimum Gasteiger partial charge on any atom is -0.381 e. The first-order valence-electron chi connectivity index (χ1n) is 5.55. The fourth-order valence-electron chi connectivity index (χ4n) is 2.10. The van der Waals surface area contributed by atoms with Crippen LogP contribution in [0.5, 0.6) is 0 Å². The fraction of sp³-hybridized carbons (Fsp3) is 1.00. The predicted octanol–water partition coefficient (Wildman–Crippen LogP) is 2.19. The summed E-state index contributed by atoms with van der Waals surface area (Å²) in [4.78, 5) is 0. The average molecular weight is 185 g/mol. The van der Waals surface area contributed by atoms with Crippen LogP contribution in [-0.2, 0) is 4.74 Å². The summed E-state index contributed by atoms with van der Waals surface area (Å²) in [6.45, 7) is 5.21. The van der Waals surface area contributed by atoms with Crippen molar-refractivity contribution in [2.45, 2.75) is 39.0 Å². The van der Waals surface area contributed by atoms with E-state index in [0.717, 1.165) is 19.6 Å². The van der Waals surface area contributed by atoms with Gasteiger partial charge in [0.1, 0.15) is 0 Å². The zero-order chi connectivity index (χ0) is 9.57. The molecule has 2 heteroatoms. The maximum Gasteiger partial charge on any atom is 0.0471 e. The summed E-state index contributed by atoms with van der Waals surface area (Å²) >= 11 is 0. The highest BCUT2D eigenvalue weighted by Crippen LogP contribution is 2.43. The molecule has 1 N–H and O–H groups in total. The van der Waals surface area contributed by atoms with Crippen LogP contribution in [0.4, 0.5) is 0 Å². The van der Waals surface area contributed by atoms with Crippen molar-refractivity contribution in [3.05, 3.63) is 0 Å². The largest absolute Gasteiger partial charge is 0.381 e. The Morgan fingerprint density at radius 1 is 1.31 bits per heavy atom. The molecule has 0 atom stereocenters.